The van der Waals surface area contributed by atoms with Crippen LogP contribution in [0.4, 0.5) is 0 Å². The van der Waals surface area contributed by atoms with Crippen LogP contribution in [0.5, 0.6) is 0 Å². The Labute approximate surface area is 140 Å². The van der Waals surface area contributed by atoms with E-state index in [0.717, 1.165) is 51.9 Å². The van der Waals surface area contributed by atoms with Gasteiger partial charge in [-0.05, 0) is 43.2 Å². The average Bonchev–Trinajstić information content (AvgIpc) is 2.56. The zero-order valence-electron chi connectivity index (χ0n) is 14.6. The number of benzene rings is 1. The fraction of sp³-hybridized carbons (Fsp3) is 0.650. The summed E-state index contributed by atoms with van der Waals surface area (Å²) in [6.07, 6.45) is 5.29. The summed E-state index contributed by atoms with van der Waals surface area (Å²) in [7, 11) is 0. The lowest BCUT2D eigenvalue weighted by Crippen LogP contribution is -2.55. The number of hydrogen-bond acceptors (Lipinski definition) is 2. The Hall–Kier alpha value is -1.35. The molecule has 0 aromatic heterocycles. The first-order valence-electron chi connectivity index (χ1n) is 9.25. The molecule has 0 unspecified atom stereocenters. The van der Waals surface area contributed by atoms with Gasteiger partial charge >= 0.3 is 0 Å². The van der Waals surface area contributed by atoms with E-state index in [2.05, 4.69) is 47.9 Å². The van der Waals surface area contributed by atoms with Crippen LogP contribution in [0, 0.1) is 12.8 Å². The molecule has 2 atom stereocenters. The van der Waals surface area contributed by atoms with Crippen LogP contribution >= 0.6 is 0 Å². The van der Waals surface area contributed by atoms with Crippen molar-refractivity contribution in [3.63, 3.8) is 0 Å². The van der Waals surface area contributed by atoms with Gasteiger partial charge in [0.05, 0.1) is 0 Å². The lowest BCUT2D eigenvalue weighted by Gasteiger charge is -2.47. The number of aryl methyl sites for hydroxylation is 1. The molecule has 1 aromatic carbocycles. The van der Waals surface area contributed by atoms with Crippen molar-refractivity contribution in [2.75, 3.05) is 19.6 Å². The van der Waals surface area contributed by atoms with Gasteiger partial charge in [-0.1, -0.05) is 37.6 Å². The smallest absolute Gasteiger partial charge is 0.222 e. The van der Waals surface area contributed by atoms with Gasteiger partial charge in [-0.3, -0.25) is 9.69 Å². The van der Waals surface area contributed by atoms with Gasteiger partial charge < -0.3 is 4.90 Å². The van der Waals surface area contributed by atoms with Crippen LogP contribution in [0.15, 0.2) is 24.3 Å². The SMILES string of the molecule is CCCCN1C(=O)CC[C@@H]2CN(Cc3ccccc3C)CC[C@@H]21. The van der Waals surface area contributed by atoms with Crippen LogP contribution in [0.1, 0.15) is 50.2 Å². The van der Waals surface area contributed by atoms with Crippen LogP contribution in [0.3, 0.4) is 0 Å². The van der Waals surface area contributed by atoms with E-state index >= 15 is 0 Å². The Morgan fingerprint density at radius 3 is 2.83 bits per heavy atom. The quantitative estimate of drug-likeness (QED) is 0.829. The molecule has 3 rings (SSSR count). The molecule has 1 aromatic rings. The highest BCUT2D eigenvalue weighted by Crippen LogP contribution is 2.32. The first-order valence-corrected chi connectivity index (χ1v) is 9.25. The van der Waals surface area contributed by atoms with Crippen LogP contribution in [-0.4, -0.2) is 41.4 Å². The summed E-state index contributed by atoms with van der Waals surface area (Å²) < 4.78 is 0. The highest BCUT2D eigenvalue weighted by molar-refractivity contribution is 5.77. The molecule has 0 saturated carbocycles. The number of hydrogen-bond donors (Lipinski definition) is 0. The summed E-state index contributed by atoms with van der Waals surface area (Å²) in [6, 6.07) is 9.20. The summed E-state index contributed by atoms with van der Waals surface area (Å²) in [5.74, 6) is 1.06. The number of carbonyl (C=O) groups excluding carboxylic acids is 1. The second-order valence-corrected chi connectivity index (χ2v) is 7.26. The molecule has 126 valence electrons. The first kappa shape index (κ1) is 16.5. The third kappa shape index (κ3) is 3.77. The molecule has 2 heterocycles. The number of amides is 1. The van der Waals surface area contributed by atoms with E-state index in [1.54, 1.807) is 0 Å². The maximum Gasteiger partial charge on any atom is 0.222 e. The van der Waals surface area contributed by atoms with E-state index in [-0.39, 0.29) is 0 Å². The Kier molecular flexibility index (Phi) is 5.37. The number of rotatable bonds is 5. The van der Waals surface area contributed by atoms with Crippen LogP contribution < -0.4 is 0 Å². The Morgan fingerprint density at radius 1 is 1.22 bits per heavy atom. The van der Waals surface area contributed by atoms with Crippen molar-refractivity contribution in [1.82, 2.24) is 9.80 Å². The predicted molar refractivity (Wildman–Crippen MR) is 94.2 cm³/mol. The zero-order valence-corrected chi connectivity index (χ0v) is 14.6. The van der Waals surface area contributed by atoms with Gasteiger partial charge in [0.2, 0.25) is 5.91 Å². The fourth-order valence-corrected chi connectivity index (χ4v) is 4.22. The van der Waals surface area contributed by atoms with Crippen LogP contribution in [-0.2, 0) is 11.3 Å². The highest BCUT2D eigenvalue weighted by atomic mass is 16.2. The molecule has 2 aliphatic heterocycles. The lowest BCUT2D eigenvalue weighted by atomic mass is 9.83. The molecule has 1 amide bonds. The summed E-state index contributed by atoms with van der Waals surface area (Å²) in [5, 5.41) is 0. The minimum absolute atomic E-state index is 0.395. The molecule has 0 aliphatic carbocycles. The number of fused-ring (bicyclic) bond motifs is 1. The van der Waals surface area contributed by atoms with Crippen molar-refractivity contribution < 1.29 is 4.79 Å². The summed E-state index contributed by atoms with van der Waals surface area (Å²) in [5.41, 5.74) is 2.83. The van der Waals surface area contributed by atoms with Crippen molar-refractivity contribution in [1.29, 1.82) is 0 Å². The van der Waals surface area contributed by atoms with Gasteiger partial charge in [0.25, 0.3) is 0 Å². The standard InChI is InChI=1S/C20H30N2O/c1-3-4-12-22-19-11-13-21(15-18(19)9-10-20(22)23)14-17-8-6-5-7-16(17)2/h5-8,18-19H,3-4,9-15H2,1-2H3/t18-,19+/m1/s1. The van der Waals surface area contributed by atoms with Gasteiger partial charge in [-0.15, -0.1) is 0 Å². The molecule has 23 heavy (non-hydrogen) atoms. The Balaban J connectivity index is 1.62. The maximum absolute atomic E-state index is 12.3. The number of carbonyl (C=O) groups is 1. The first-order chi connectivity index (χ1) is 11.2. The lowest BCUT2D eigenvalue weighted by molar-refractivity contribution is -0.141. The Bertz CT molecular complexity index is 542. The van der Waals surface area contributed by atoms with Crippen molar-refractivity contribution in [3.05, 3.63) is 35.4 Å². The van der Waals surface area contributed by atoms with Crippen molar-refractivity contribution in [3.8, 4) is 0 Å². The second-order valence-electron chi connectivity index (χ2n) is 7.26. The predicted octanol–water partition coefficient (Wildman–Crippen LogP) is 3.61. The molecule has 0 spiro atoms. The third-order valence-corrected chi connectivity index (χ3v) is 5.64. The van der Waals surface area contributed by atoms with Gasteiger partial charge in [0, 0.05) is 38.6 Å². The summed E-state index contributed by atoms with van der Waals surface area (Å²) >= 11 is 0. The van der Waals surface area contributed by atoms with E-state index in [4.69, 9.17) is 0 Å². The maximum atomic E-state index is 12.3. The molecule has 0 N–H and O–H groups in total. The molecular weight excluding hydrogens is 284 g/mol. The molecule has 2 saturated heterocycles. The normalized spacial score (nSPS) is 25.5. The largest absolute Gasteiger partial charge is 0.339 e. The fourth-order valence-electron chi connectivity index (χ4n) is 4.22. The van der Waals surface area contributed by atoms with E-state index in [9.17, 15) is 4.79 Å². The van der Waals surface area contributed by atoms with E-state index in [1.807, 2.05) is 0 Å². The highest BCUT2D eigenvalue weighted by Gasteiger charge is 2.38. The van der Waals surface area contributed by atoms with Crippen molar-refractivity contribution >= 4 is 5.91 Å². The topological polar surface area (TPSA) is 23.6 Å². The number of nitrogens with zero attached hydrogens (tertiary/aromatic N) is 2. The van der Waals surface area contributed by atoms with Crippen molar-refractivity contribution in [2.45, 2.75) is 58.5 Å². The summed E-state index contributed by atoms with van der Waals surface area (Å²) in [4.78, 5) is 17.1. The minimum atomic E-state index is 0.395. The second kappa shape index (κ2) is 7.48. The average molecular weight is 314 g/mol. The molecule has 3 nitrogen and oxygen atoms in total. The molecule has 0 bridgehead atoms. The van der Waals surface area contributed by atoms with Crippen LogP contribution in [0.2, 0.25) is 0 Å². The number of unbranched alkanes of at least 4 members (excludes halogenated alkanes) is 1. The van der Waals surface area contributed by atoms with Gasteiger partial charge in [0.15, 0.2) is 0 Å². The van der Waals surface area contributed by atoms with E-state index in [1.165, 1.54) is 17.5 Å². The Morgan fingerprint density at radius 2 is 2.04 bits per heavy atom. The number of likely N-dealkylation sites (tertiary alicyclic amines) is 2. The zero-order chi connectivity index (χ0) is 16.2. The minimum Gasteiger partial charge on any atom is -0.339 e. The van der Waals surface area contributed by atoms with E-state index < -0.39 is 0 Å². The van der Waals surface area contributed by atoms with Gasteiger partial charge in [-0.2, -0.15) is 0 Å². The van der Waals surface area contributed by atoms with Crippen molar-refractivity contribution in [2.24, 2.45) is 5.92 Å². The summed E-state index contributed by atoms with van der Waals surface area (Å²) in [6.45, 7) is 8.69. The van der Waals surface area contributed by atoms with E-state index in [0.29, 0.717) is 17.9 Å². The molecule has 0 radical (unpaired) electrons. The third-order valence-electron chi connectivity index (χ3n) is 5.64. The molecule has 3 heteroatoms. The molecular formula is C20H30N2O. The monoisotopic (exact) mass is 314 g/mol. The van der Waals surface area contributed by atoms with Crippen LogP contribution in [0.25, 0.3) is 0 Å². The van der Waals surface area contributed by atoms with Gasteiger partial charge in [-0.25, -0.2) is 0 Å². The number of piperidine rings is 2. The molecule has 2 aliphatic rings. The van der Waals surface area contributed by atoms with Gasteiger partial charge in [0.1, 0.15) is 0 Å². The molecule has 2 fully saturated rings.